The van der Waals surface area contributed by atoms with E-state index in [0.717, 1.165) is 5.57 Å². The van der Waals surface area contributed by atoms with E-state index in [1.54, 1.807) is 0 Å². The summed E-state index contributed by atoms with van der Waals surface area (Å²) in [4.78, 5) is 11.0. The third-order valence-electron chi connectivity index (χ3n) is 2.23. The van der Waals surface area contributed by atoms with Gasteiger partial charge in [0.05, 0.1) is 21.1 Å². The van der Waals surface area contributed by atoms with E-state index >= 15 is 0 Å². The van der Waals surface area contributed by atoms with Gasteiger partial charge < -0.3 is 9.59 Å². The first-order valence-corrected chi connectivity index (χ1v) is 4.44. The van der Waals surface area contributed by atoms with E-state index in [1.165, 1.54) is 0 Å². The third kappa shape index (κ3) is 4.08. The monoisotopic (exact) mass is 186 g/mol. The summed E-state index contributed by atoms with van der Waals surface area (Å²) in [6.07, 6.45) is 2.58. The van der Waals surface area contributed by atoms with Crippen LogP contribution in [-0.4, -0.2) is 42.7 Å². The molecule has 3 heteroatoms. The van der Waals surface area contributed by atoms with Crippen LogP contribution in [0.15, 0.2) is 11.6 Å². The number of hydrogen-bond acceptors (Lipinski definition) is 1. The molecule has 1 N–H and O–H groups in total. The van der Waals surface area contributed by atoms with Crippen LogP contribution in [0.2, 0.25) is 0 Å². The maximum atomic E-state index is 11.0. The van der Waals surface area contributed by atoms with Crippen LogP contribution < -0.4 is 0 Å². The number of carboxylic acid groups (broad SMARTS) is 1. The van der Waals surface area contributed by atoms with E-state index in [-0.39, 0.29) is 6.04 Å². The van der Waals surface area contributed by atoms with Crippen molar-refractivity contribution in [3.05, 3.63) is 11.6 Å². The molecule has 0 aromatic heterocycles. The number of hydrogen-bond donors (Lipinski definition) is 1. The van der Waals surface area contributed by atoms with Crippen LogP contribution in [0, 0.1) is 0 Å². The van der Waals surface area contributed by atoms with E-state index in [2.05, 4.69) is 0 Å². The quantitative estimate of drug-likeness (QED) is 0.533. The fourth-order valence-electron chi connectivity index (χ4n) is 1.12. The first-order chi connectivity index (χ1) is 5.79. The molecule has 0 saturated heterocycles. The Morgan fingerprint density at radius 3 is 2.15 bits per heavy atom. The summed E-state index contributed by atoms with van der Waals surface area (Å²) < 4.78 is 0.459. The molecule has 0 fully saturated rings. The molecule has 0 aliphatic carbocycles. The molecule has 0 amide bonds. The molecule has 76 valence electrons. The lowest BCUT2D eigenvalue weighted by Crippen LogP contribution is -2.49. The van der Waals surface area contributed by atoms with Crippen molar-refractivity contribution < 1.29 is 14.4 Å². The summed E-state index contributed by atoms with van der Waals surface area (Å²) in [5.41, 5.74) is 1.13. The topological polar surface area (TPSA) is 37.3 Å². The lowest BCUT2D eigenvalue weighted by Gasteiger charge is -2.31. The molecule has 0 saturated carbocycles. The minimum atomic E-state index is -0.728. The molecule has 0 aliphatic heterocycles. The molecule has 1 unspecified atom stereocenters. The molecule has 0 radical (unpaired) electrons. The van der Waals surface area contributed by atoms with Gasteiger partial charge in [0.25, 0.3) is 0 Å². The van der Waals surface area contributed by atoms with Gasteiger partial charge in [-0.1, -0.05) is 11.6 Å². The number of carbonyl (C=O) groups is 1. The number of nitrogens with zero attached hydrogens (tertiary/aromatic N) is 1. The van der Waals surface area contributed by atoms with Crippen LogP contribution in [0.3, 0.4) is 0 Å². The molecule has 0 bridgehead atoms. The minimum Gasteiger partial charge on any atom is -0.477 e. The van der Waals surface area contributed by atoms with E-state index < -0.39 is 5.97 Å². The highest BCUT2D eigenvalue weighted by molar-refractivity contribution is 5.72. The molecule has 3 nitrogen and oxygen atoms in total. The highest BCUT2D eigenvalue weighted by atomic mass is 16.4. The molecule has 1 atom stereocenters. The Labute approximate surface area is 80.3 Å². The summed E-state index contributed by atoms with van der Waals surface area (Å²) in [7, 11) is 5.71. The predicted octanol–water partition coefficient (Wildman–Crippen LogP) is 1.50. The summed E-state index contributed by atoms with van der Waals surface area (Å²) in [6.45, 7) is 3.90. The fraction of sp³-hybridized carbons (Fsp3) is 0.700. The second kappa shape index (κ2) is 4.42. The van der Waals surface area contributed by atoms with Gasteiger partial charge in [0.2, 0.25) is 0 Å². The van der Waals surface area contributed by atoms with Gasteiger partial charge in [-0.05, 0) is 13.8 Å². The zero-order valence-corrected chi connectivity index (χ0v) is 9.16. The average Bonchev–Trinajstić information content (AvgIpc) is 1.96. The van der Waals surface area contributed by atoms with Crippen molar-refractivity contribution in [1.82, 2.24) is 0 Å². The van der Waals surface area contributed by atoms with Crippen LogP contribution in [0.1, 0.15) is 20.3 Å². The number of aliphatic carboxylic acids is 1. The normalized spacial score (nSPS) is 15.6. The van der Waals surface area contributed by atoms with Crippen molar-refractivity contribution in [3.63, 3.8) is 0 Å². The lowest BCUT2D eigenvalue weighted by molar-refractivity contribution is -0.887. The van der Waals surface area contributed by atoms with Crippen LogP contribution in [0.4, 0.5) is 0 Å². The smallest absolute Gasteiger partial charge is 0.362 e. The molecule has 0 heterocycles. The standard InChI is InChI=1S/C10H19NO2/c1-6-8(2)7-9(10(12)13)11(3,4)5/h6,9H,7H2,1-5H3/p+1/b8-6+. The fourth-order valence-corrected chi connectivity index (χ4v) is 1.12. The summed E-state index contributed by atoms with van der Waals surface area (Å²) in [6, 6.07) is -0.351. The van der Waals surface area contributed by atoms with Crippen molar-refractivity contribution in [3.8, 4) is 0 Å². The largest absolute Gasteiger partial charge is 0.477 e. The number of allylic oxidation sites excluding steroid dienone is 1. The second-order valence-electron chi connectivity index (χ2n) is 4.31. The van der Waals surface area contributed by atoms with Crippen LogP contribution in [-0.2, 0) is 4.79 Å². The van der Waals surface area contributed by atoms with E-state index in [0.29, 0.717) is 10.9 Å². The van der Waals surface area contributed by atoms with E-state index in [4.69, 9.17) is 5.11 Å². The number of rotatable bonds is 4. The second-order valence-corrected chi connectivity index (χ2v) is 4.31. The van der Waals surface area contributed by atoms with Crippen molar-refractivity contribution in [2.75, 3.05) is 21.1 Å². The lowest BCUT2D eigenvalue weighted by atomic mass is 10.1. The average molecular weight is 186 g/mol. The molecule has 0 aromatic rings. The minimum absolute atomic E-state index is 0.351. The molecule has 13 heavy (non-hydrogen) atoms. The van der Waals surface area contributed by atoms with Crippen LogP contribution >= 0.6 is 0 Å². The summed E-state index contributed by atoms with van der Waals surface area (Å²) in [5, 5.41) is 9.01. The van der Waals surface area contributed by atoms with E-state index in [9.17, 15) is 4.79 Å². The van der Waals surface area contributed by atoms with Gasteiger partial charge >= 0.3 is 5.97 Å². The number of likely N-dealkylation sites (N-methyl/N-ethyl adjacent to an activating group) is 1. The molecular formula is C10H20NO2+. The Kier molecular flexibility index (Phi) is 4.14. The highest BCUT2D eigenvalue weighted by Crippen LogP contribution is 2.13. The Balaban J connectivity index is 4.56. The van der Waals surface area contributed by atoms with Crippen LogP contribution in [0.5, 0.6) is 0 Å². The third-order valence-corrected chi connectivity index (χ3v) is 2.23. The Bertz CT molecular complexity index is 213. The molecule has 0 rings (SSSR count). The van der Waals surface area contributed by atoms with Gasteiger partial charge in [0, 0.05) is 6.42 Å². The molecule has 0 spiro atoms. The number of quaternary nitrogens is 1. The van der Waals surface area contributed by atoms with Gasteiger partial charge in [-0.3, -0.25) is 0 Å². The summed E-state index contributed by atoms with van der Waals surface area (Å²) in [5.74, 6) is -0.728. The Hall–Kier alpha value is -0.830. The highest BCUT2D eigenvalue weighted by Gasteiger charge is 2.30. The zero-order valence-electron chi connectivity index (χ0n) is 9.16. The Morgan fingerprint density at radius 1 is 1.46 bits per heavy atom. The van der Waals surface area contributed by atoms with Crippen molar-refractivity contribution in [2.24, 2.45) is 0 Å². The van der Waals surface area contributed by atoms with Crippen molar-refractivity contribution >= 4 is 5.97 Å². The van der Waals surface area contributed by atoms with Gasteiger partial charge in [-0.15, -0.1) is 0 Å². The molecule has 0 aliphatic rings. The first-order valence-electron chi connectivity index (χ1n) is 4.44. The SMILES string of the molecule is C/C=C(\C)CC(C(=O)O)[N+](C)(C)C. The van der Waals surface area contributed by atoms with Gasteiger partial charge in [-0.2, -0.15) is 0 Å². The maximum Gasteiger partial charge on any atom is 0.362 e. The molecular weight excluding hydrogens is 166 g/mol. The van der Waals surface area contributed by atoms with Gasteiger partial charge in [-0.25, -0.2) is 4.79 Å². The van der Waals surface area contributed by atoms with Gasteiger partial charge in [0.15, 0.2) is 6.04 Å². The number of carboxylic acids is 1. The van der Waals surface area contributed by atoms with Crippen molar-refractivity contribution in [1.29, 1.82) is 0 Å². The van der Waals surface area contributed by atoms with Gasteiger partial charge in [0.1, 0.15) is 0 Å². The molecule has 0 aromatic carbocycles. The predicted molar refractivity (Wildman–Crippen MR) is 53.5 cm³/mol. The maximum absolute atomic E-state index is 11.0. The van der Waals surface area contributed by atoms with Crippen molar-refractivity contribution in [2.45, 2.75) is 26.3 Å². The first kappa shape index (κ1) is 12.2. The Morgan fingerprint density at radius 2 is 1.92 bits per heavy atom. The van der Waals surface area contributed by atoms with Crippen LogP contribution in [0.25, 0.3) is 0 Å². The van der Waals surface area contributed by atoms with E-state index in [1.807, 2.05) is 41.1 Å². The zero-order chi connectivity index (χ0) is 10.6. The summed E-state index contributed by atoms with van der Waals surface area (Å²) >= 11 is 0.